The summed E-state index contributed by atoms with van der Waals surface area (Å²) in [6.45, 7) is 2.82. The topological polar surface area (TPSA) is 105 Å². The highest BCUT2D eigenvalue weighted by Gasteiger charge is 2.41. The molecule has 0 amide bonds. The van der Waals surface area contributed by atoms with Crippen molar-refractivity contribution in [3.05, 3.63) is 18.0 Å². The molecule has 1 saturated carbocycles. The number of hydrogen-bond donors (Lipinski definition) is 3. The van der Waals surface area contributed by atoms with Gasteiger partial charge in [-0.15, -0.1) is 0 Å². The second-order valence-electron chi connectivity index (χ2n) is 8.92. The summed E-state index contributed by atoms with van der Waals surface area (Å²) in [6, 6.07) is 0.186. The van der Waals surface area contributed by atoms with Crippen LogP contribution in [0.1, 0.15) is 63.9 Å². The highest BCUT2D eigenvalue weighted by molar-refractivity contribution is 8.24. The van der Waals surface area contributed by atoms with Gasteiger partial charge in [-0.05, 0) is 45.4 Å². The third-order valence-corrected chi connectivity index (χ3v) is 8.59. The van der Waals surface area contributed by atoms with Crippen LogP contribution in [0.2, 0.25) is 0 Å². The van der Waals surface area contributed by atoms with E-state index in [-0.39, 0.29) is 11.6 Å². The van der Waals surface area contributed by atoms with Crippen molar-refractivity contribution in [2.45, 2.75) is 76.5 Å². The summed E-state index contributed by atoms with van der Waals surface area (Å²) >= 11 is 0. The van der Waals surface area contributed by atoms with Gasteiger partial charge in [0.1, 0.15) is 5.60 Å². The average molecular weight is 434 g/mol. The Labute approximate surface area is 178 Å². The van der Waals surface area contributed by atoms with Crippen LogP contribution >= 0.6 is 10.6 Å². The lowest BCUT2D eigenvalue weighted by atomic mass is 9.81. The van der Waals surface area contributed by atoms with Gasteiger partial charge in [-0.2, -0.15) is 15.7 Å². The number of fused-ring (bicyclic) bond motifs is 1. The summed E-state index contributed by atoms with van der Waals surface area (Å²) in [5, 5.41) is 13.7. The van der Waals surface area contributed by atoms with Crippen LogP contribution in [0.5, 0.6) is 0 Å². The first-order valence-electron chi connectivity index (χ1n) is 11.1. The molecule has 3 N–H and O–H groups in total. The molecule has 4 heterocycles. The van der Waals surface area contributed by atoms with E-state index in [0.717, 1.165) is 66.6 Å². The number of aryl methyl sites for hydroxylation is 1. The molecule has 0 atom stereocenters. The quantitative estimate of drug-likeness (QED) is 0.651. The molecule has 2 aromatic heterocycles. The second kappa shape index (κ2) is 7.69. The molecular weight excluding hydrogens is 402 g/mol. The molecule has 3 aliphatic rings. The van der Waals surface area contributed by atoms with Crippen LogP contribution in [0.4, 0.5) is 5.69 Å². The Morgan fingerprint density at radius 2 is 1.97 bits per heavy atom. The minimum atomic E-state index is -2.41. The SMILES string of the molecule is CCn1ncc2c(NC3CCS(O)(O)CC3)c(C3=NOC4(CCCCC4)C3)cnc21. The van der Waals surface area contributed by atoms with Crippen molar-refractivity contribution in [1.29, 1.82) is 0 Å². The van der Waals surface area contributed by atoms with Gasteiger partial charge in [0, 0.05) is 42.3 Å². The number of nitrogens with one attached hydrogen (secondary N) is 1. The predicted molar refractivity (Wildman–Crippen MR) is 120 cm³/mol. The average Bonchev–Trinajstić information content (AvgIpc) is 3.35. The van der Waals surface area contributed by atoms with E-state index in [9.17, 15) is 9.11 Å². The lowest BCUT2D eigenvalue weighted by molar-refractivity contribution is -0.0449. The van der Waals surface area contributed by atoms with Crippen LogP contribution in [-0.2, 0) is 11.4 Å². The van der Waals surface area contributed by atoms with E-state index in [4.69, 9.17) is 9.82 Å². The Bertz CT molecular complexity index is 957. The van der Waals surface area contributed by atoms with Gasteiger partial charge in [0.25, 0.3) is 0 Å². The zero-order chi connectivity index (χ0) is 20.8. The molecule has 1 spiro atoms. The largest absolute Gasteiger partial charge is 0.389 e. The molecule has 8 nitrogen and oxygen atoms in total. The Morgan fingerprint density at radius 1 is 1.20 bits per heavy atom. The maximum absolute atomic E-state index is 9.99. The highest BCUT2D eigenvalue weighted by Crippen LogP contribution is 2.45. The summed E-state index contributed by atoms with van der Waals surface area (Å²) in [5.74, 6) is 0.908. The van der Waals surface area contributed by atoms with E-state index in [2.05, 4.69) is 22.5 Å². The van der Waals surface area contributed by atoms with Gasteiger partial charge in [-0.3, -0.25) is 9.11 Å². The second-order valence-corrected chi connectivity index (χ2v) is 11.3. The highest BCUT2D eigenvalue weighted by atomic mass is 32.3. The van der Waals surface area contributed by atoms with Crippen molar-refractivity contribution in [3.63, 3.8) is 0 Å². The molecule has 2 fully saturated rings. The molecule has 0 bridgehead atoms. The number of rotatable bonds is 4. The number of pyridine rings is 1. The minimum absolute atomic E-state index is 0.144. The van der Waals surface area contributed by atoms with E-state index in [0.29, 0.717) is 11.5 Å². The van der Waals surface area contributed by atoms with Gasteiger partial charge in [-0.25, -0.2) is 9.67 Å². The van der Waals surface area contributed by atoms with Gasteiger partial charge < -0.3 is 10.2 Å². The molecule has 0 aromatic carbocycles. The normalized spacial score (nSPS) is 24.6. The van der Waals surface area contributed by atoms with Crippen LogP contribution in [-0.4, -0.2) is 52.7 Å². The third-order valence-electron chi connectivity index (χ3n) is 6.82. The Balaban J connectivity index is 1.48. The zero-order valence-electron chi connectivity index (χ0n) is 17.5. The van der Waals surface area contributed by atoms with Gasteiger partial charge in [0.05, 0.1) is 23.0 Å². The van der Waals surface area contributed by atoms with Crippen LogP contribution in [0.15, 0.2) is 17.5 Å². The maximum atomic E-state index is 9.99. The number of aromatic nitrogens is 3. The number of hydrogen-bond acceptors (Lipinski definition) is 7. The zero-order valence-corrected chi connectivity index (χ0v) is 18.3. The van der Waals surface area contributed by atoms with E-state index < -0.39 is 10.6 Å². The first kappa shape index (κ1) is 20.1. The van der Waals surface area contributed by atoms with Gasteiger partial charge in [0.15, 0.2) is 5.65 Å². The van der Waals surface area contributed by atoms with E-state index in [1.54, 1.807) is 0 Å². The predicted octanol–water partition coefficient (Wildman–Crippen LogP) is 4.60. The first-order valence-corrected chi connectivity index (χ1v) is 13.0. The van der Waals surface area contributed by atoms with Crippen LogP contribution in [0, 0.1) is 0 Å². The fraction of sp³-hybridized carbons (Fsp3) is 0.667. The standard InChI is InChI=1S/C21H31N5O3S/c1-2-26-20-17(14-23-26)19(24-15-6-10-30(27,28)11-7-15)16(13-22-20)18-12-21(29-25-18)8-4-3-5-9-21/h13-15,27-28H,2-12H2,1H3,(H,22,24). The molecule has 164 valence electrons. The van der Waals surface area contributed by atoms with Crippen molar-refractivity contribution in [1.82, 2.24) is 14.8 Å². The molecular formula is C21H31N5O3S. The van der Waals surface area contributed by atoms with Crippen molar-refractivity contribution in [2.75, 3.05) is 16.8 Å². The van der Waals surface area contributed by atoms with Gasteiger partial charge in [0.2, 0.25) is 0 Å². The molecule has 5 rings (SSSR count). The summed E-state index contributed by atoms with van der Waals surface area (Å²) in [7, 11) is -2.41. The van der Waals surface area contributed by atoms with E-state index >= 15 is 0 Å². The molecule has 0 unspecified atom stereocenters. The monoisotopic (exact) mass is 433 g/mol. The fourth-order valence-electron chi connectivity index (χ4n) is 5.02. The van der Waals surface area contributed by atoms with E-state index in [1.807, 2.05) is 17.1 Å². The summed E-state index contributed by atoms with van der Waals surface area (Å²) in [6.07, 6.45) is 11.9. The minimum Gasteiger partial charge on any atom is -0.389 e. The van der Waals surface area contributed by atoms with Crippen LogP contribution in [0.25, 0.3) is 11.0 Å². The molecule has 1 aliphatic carbocycles. The van der Waals surface area contributed by atoms with Crippen LogP contribution in [0.3, 0.4) is 0 Å². The Hall–Kier alpha value is -1.84. The number of oxime groups is 1. The Morgan fingerprint density at radius 3 is 2.70 bits per heavy atom. The molecule has 30 heavy (non-hydrogen) atoms. The van der Waals surface area contributed by atoms with Crippen molar-refractivity contribution >= 4 is 33.0 Å². The van der Waals surface area contributed by atoms with Crippen molar-refractivity contribution in [2.24, 2.45) is 5.16 Å². The van der Waals surface area contributed by atoms with Gasteiger partial charge in [-0.1, -0.05) is 11.6 Å². The van der Waals surface area contributed by atoms with Crippen molar-refractivity contribution < 1.29 is 13.9 Å². The van der Waals surface area contributed by atoms with Crippen molar-refractivity contribution in [3.8, 4) is 0 Å². The molecule has 2 aromatic rings. The fourth-order valence-corrected chi connectivity index (χ4v) is 6.55. The third kappa shape index (κ3) is 3.67. The lowest BCUT2D eigenvalue weighted by Gasteiger charge is -2.39. The van der Waals surface area contributed by atoms with E-state index in [1.165, 1.54) is 19.3 Å². The first-order chi connectivity index (χ1) is 14.5. The van der Waals surface area contributed by atoms with Crippen LogP contribution < -0.4 is 5.32 Å². The van der Waals surface area contributed by atoms with Gasteiger partial charge >= 0.3 is 0 Å². The lowest BCUT2D eigenvalue weighted by Crippen LogP contribution is -2.32. The smallest absolute Gasteiger partial charge is 0.159 e. The molecule has 0 radical (unpaired) electrons. The summed E-state index contributed by atoms with van der Waals surface area (Å²) < 4.78 is 21.9. The summed E-state index contributed by atoms with van der Waals surface area (Å²) in [5.41, 5.74) is 3.65. The molecule has 2 aliphatic heterocycles. The maximum Gasteiger partial charge on any atom is 0.159 e. The summed E-state index contributed by atoms with van der Waals surface area (Å²) in [4.78, 5) is 10.7. The molecule has 1 saturated heterocycles. The number of anilines is 1. The Kier molecular flexibility index (Phi) is 5.15. The molecule has 9 heteroatoms. The number of nitrogens with zero attached hydrogens (tertiary/aromatic N) is 4.